The third kappa shape index (κ3) is 2.52. The van der Waals surface area contributed by atoms with Crippen molar-refractivity contribution in [2.75, 3.05) is 26.4 Å². The summed E-state index contributed by atoms with van der Waals surface area (Å²) >= 11 is 0. The van der Waals surface area contributed by atoms with Gasteiger partial charge in [0.1, 0.15) is 6.61 Å². The highest BCUT2D eigenvalue weighted by Crippen LogP contribution is 2.60. The SMILES string of the molecule is CCOCCOCC1(F)OC(F)(F)C(F)(F)C1(F)F. The maximum Gasteiger partial charge on any atom is 0.428 e. The Kier molecular flexibility index (Phi) is 4.38. The second kappa shape index (κ2) is 5.06. The first kappa shape index (κ1) is 16.4. The topological polar surface area (TPSA) is 27.7 Å². The number of hydrogen-bond acceptors (Lipinski definition) is 3. The van der Waals surface area contributed by atoms with Gasteiger partial charge in [-0.15, -0.1) is 0 Å². The predicted molar refractivity (Wildman–Crippen MR) is 47.1 cm³/mol. The molecule has 1 rings (SSSR count). The van der Waals surface area contributed by atoms with Gasteiger partial charge in [0.15, 0.2) is 0 Å². The monoisotopic (exact) mass is 300 g/mol. The summed E-state index contributed by atoms with van der Waals surface area (Å²) in [5.41, 5.74) is 0. The first-order valence-corrected chi connectivity index (χ1v) is 5.20. The summed E-state index contributed by atoms with van der Waals surface area (Å²) in [7, 11) is 0. The molecule has 3 nitrogen and oxygen atoms in total. The van der Waals surface area contributed by atoms with Crippen LogP contribution in [0.25, 0.3) is 0 Å². The quantitative estimate of drug-likeness (QED) is 0.557. The Bertz CT molecular complexity index is 323. The summed E-state index contributed by atoms with van der Waals surface area (Å²) < 4.78 is 102. The first-order valence-electron chi connectivity index (χ1n) is 5.20. The fourth-order valence-corrected chi connectivity index (χ4v) is 1.33. The van der Waals surface area contributed by atoms with Crippen molar-refractivity contribution >= 4 is 0 Å². The van der Waals surface area contributed by atoms with Crippen LogP contribution < -0.4 is 0 Å². The minimum Gasteiger partial charge on any atom is -0.379 e. The van der Waals surface area contributed by atoms with Crippen molar-refractivity contribution in [1.29, 1.82) is 0 Å². The Balaban J connectivity index is 2.71. The second-order valence-electron chi connectivity index (χ2n) is 3.75. The van der Waals surface area contributed by atoms with Crippen molar-refractivity contribution in [2.45, 2.75) is 30.7 Å². The van der Waals surface area contributed by atoms with Crippen molar-refractivity contribution in [3.8, 4) is 0 Å². The minimum atomic E-state index is -5.96. The summed E-state index contributed by atoms with van der Waals surface area (Å²) in [6.07, 6.45) is -5.62. The van der Waals surface area contributed by atoms with Crippen LogP contribution in [0.2, 0.25) is 0 Å². The largest absolute Gasteiger partial charge is 0.428 e. The molecule has 1 aliphatic rings. The second-order valence-corrected chi connectivity index (χ2v) is 3.75. The first-order chi connectivity index (χ1) is 8.52. The molecule has 19 heavy (non-hydrogen) atoms. The predicted octanol–water partition coefficient (Wildman–Crippen LogP) is 2.60. The molecule has 1 heterocycles. The normalized spacial score (nSPS) is 31.6. The van der Waals surface area contributed by atoms with Gasteiger partial charge in [-0.1, -0.05) is 0 Å². The lowest BCUT2D eigenvalue weighted by Crippen LogP contribution is -2.54. The van der Waals surface area contributed by atoms with E-state index in [4.69, 9.17) is 4.74 Å². The van der Waals surface area contributed by atoms with Crippen molar-refractivity contribution in [3.63, 3.8) is 0 Å². The summed E-state index contributed by atoms with van der Waals surface area (Å²) in [4.78, 5) is 0. The minimum absolute atomic E-state index is 0.134. The van der Waals surface area contributed by atoms with Gasteiger partial charge in [0.25, 0.3) is 0 Å². The Morgan fingerprint density at radius 3 is 1.79 bits per heavy atom. The smallest absolute Gasteiger partial charge is 0.379 e. The summed E-state index contributed by atoms with van der Waals surface area (Å²) in [6.45, 7) is -0.474. The number of hydrogen-bond donors (Lipinski definition) is 0. The van der Waals surface area contributed by atoms with Crippen molar-refractivity contribution in [1.82, 2.24) is 0 Å². The molecule has 1 saturated heterocycles. The van der Waals surface area contributed by atoms with Gasteiger partial charge in [-0.05, 0) is 6.92 Å². The lowest BCUT2D eigenvalue weighted by molar-refractivity contribution is -0.341. The van der Waals surface area contributed by atoms with E-state index in [1.165, 1.54) is 0 Å². The van der Waals surface area contributed by atoms with Crippen LogP contribution in [0.5, 0.6) is 0 Å². The van der Waals surface area contributed by atoms with E-state index in [9.17, 15) is 30.7 Å². The van der Waals surface area contributed by atoms with E-state index in [1.807, 2.05) is 0 Å². The zero-order valence-electron chi connectivity index (χ0n) is 9.70. The van der Waals surface area contributed by atoms with Gasteiger partial charge >= 0.3 is 23.8 Å². The molecule has 114 valence electrons. The molecule has 0 spiro atoms. The molecular weight excluding hydrogens is 289 g/mol. The van der Waals surface area contributed by atoms with Crippen LogP contribution >= 0.6 is 0 Å². The molecule has 0 aromatic heterocycles. The molecule has 0 aromatic carbocycles. The third-order valence-electron chi connectivity index (χ3n) is 2.38. The van der Waals surface area contributed by atoms with Crippen LogP contribution in [-0.2, 0) is 14.2 Å². The molecule has 0 radical (unpaired) electrons. The summed E-state index contributed by atoms with van der Waals surface area (Å²) in [6, 6.07) is 0. The maximum absolute atomic E-state index is 13.5. The fraction of sp³-hybridized carbons (Fsp3) is 1.00. The zero-order chi connectivity index (χ0) is 14.9. The van der Waals surface area contributed by atoms with E-state index in [0.29, 0.717) is 0 Å². The number of halogens is 7. The molecule has 1 atom stereocenters. The Labute approximate surface area is 103 Å². The summed E-state index contributed by atoms with van der Waals surface area (Å²) in [5.74, 6) is -16.3. The van der Waals surface area contributed by atoms with Gasteiger partial charge in [0, 0.05) is 6.61 Å². The van der Waals surface area contributed by atoms with Crippen LogP contribution in [0.1, 0.15) is 6.92 Å². The highest BCUT2D eigenvalue weighted by molar-refractivity contribution is 5.08. The molecule has 1 aliphatic heterocycles. The lowest BCUT2D eigenvalue weighted by atomic mass is 10.1. The molecule has 10 heteroatoms. The molecule has 1 unspecified atom stereocenters. The van der Waals surface area contributed by atoms with Gasteiger partial charge in [0.2, 0.25) is 0 Å². The number of ether oxygens (including phenoxy) is 3. The van der Waals surface area contributed by atoms with Gasteiger partial charge < -0.3 is 9.47 Å². The highest BCUT2D eigenvalue weighted by Gasteiger charge is 2.89. The van der Waals surface area contributed by atoms with E-state index >= 15 is 0 Å². The molecule has 0 saturated carbocycles. The van der Waals surface area contributed by atoms with Crippen molar-refractivity contribution < 1.29 is 44.9 Å². The van der Waals surface area contributed by atoms with Crippen LogP contribution in [0.15, 0.2) is 0 Å². The van der Waals surface area contributed by atoms with E-state index in [1.54, 1.807) is 6.92 Å². The number of alkyl halides is 7. The Morgan fingerprint density at radius 1 is 0.842 bits per heavy atom. The van der Waals surface area contributed by atoms with Gasteiger partial charge in [-0.2, -0.15) is 26.3 Å². The van der Waals surface area contributed by atoms with Crippen LogP contribution in [0, 0.1) is 0 Å². The van der Waals surface area contributed by atoms with Crippen molar-refractivity contribution in [2.24, 2.45) is 0 Å². The molecule has 0 aromatic rings. The third-order valence-corrected chi connectivity index (χ3v) is 2.38. The summed E-state index contributed by atoms with van der Waals surface area (Å²) in [5, 5.41) is 0. The maximum atomic E-state index is 13.5. The average Bonchev–Trinajstić information content (AvgIpc) is 2.35. The molecular formula is C9H11F7O3. The Morgan fingerprint density at radius 2 is 1.37 bits per heavy atom. The van der Waals surface area contributed by atoms with Crippen molar-refractivity contribution in [3.05, 3.63) is 0 Å². The van der Waals surface area contributed by atoms with E-state index in [-0.39, 0.29) is 13.2 Å². The van der Waals surface area contributed by atoms with E-state index in [2.05, 4.69) is 9.47 Å². The van der Waals surface area contributed by atoms with E-state index in [0.717, 1.165) is 0 Å². The van der Waals surface area contributed by atoms with Gasteiger partial charge in [-0.3, -0.25) is 4.74 Å². The zero-order valence-corrected chi connectivity index (χ0v) is 9.70. The number of rotatable bonds is 6. The van der Waals surface area contributed by atoms with Gasteiger partial charge in [-0.25, -0.2) is 4.39 Å². The molecule has 0 bridgehead atoms. The highest BCUT2D eigenvalue weighted by atomic mass is 19.4. The molecule has 0 N–H and O–H groups in total. The van der Waals surface area contributed by atoms with Crippen LogP contribution in [-0.4, -0.2) is 50.2 Å². The molecule has 1 fully saturated rings. The standard InChI is InChI=1S/C9H11F7O3/c1-2-17-3-4-18-5-6(10)7(11,12)8(13,14)9(15,16)19-6/h2-5H2,1H3. The van der Waals surface area contributed by atoms with Crippen LogP contribution in [0.3, 0.4) is 0 Å². The van der Waals surface area contributed by atoms with E-state index < -0.39 is 37.0 Å². The van der Waals surface area contributed by atoms with Gasteiger partial charge in [0.05, 0.1) is 13.2 Å². The Hall–Kier alpha value is -0.610. The molecule has 0 amide bonds. The fourth-order valence-electron chi connectivity index (χ4n) is 1.33. The van der Waals surface area contributed by atoms with Crippen LogP contribution in [0.4, 0.5) is 30.7 Å². The lowest BCUT2D eigenvalue weighted by Gasteiger charge is -2.25. The molecule has 0 aliphatic carbocycles. The average molecular weight is 300 g/mol.